The molecule has 0 spiro atoms. The van der Waals surface area contributed by atoms with Crippen LogP contribution < -0.4 is 5.32 Å². The molecule has 0 aromatic rings. The smallest absolute Gasteiger partial charge is 0.246 e. The molecule has 0 aromatic carbocycles. The molecule has 1 saturated heterocycles. The van der Waals surface area contributed by atoms with Gasteiger partial charge >= 0.3 is 0 Å². The van der Waals surface area contributed by atoms with Gasteiger partial charge in [0.25, 0.3) is 0 Å². The highest BCUT2D eigenvalue weighted by Gasteiger charge is 2.42. The third-order valence-electron chi connectivity index (χ3n) is 4.67. The molecule has 0 aromatic heterocycles. The van der Waals surface area contributed by atoms with Crippen LogP contribution in [0.15, 0.2) is 0 Å². The van der Waals surface area contributed by atoms with Crippen molar-refractivity contribution in [2.45, 2.75) is 77.9 Å². The summed E-state index contributed by atoms with van der Waals surface area (Å²) in [5, 5.41) is 2.90. The van der Waals surface area contributed by atoms with Crippen molar-refractivity contribution < 1.29 is 9.59 Å². The second-order valence-corrected chi connectivity index (χ2v) is 7.04. The van der Waals surface area contributed by atoms with Gasteiger partial charge < -0.3 is 10.2 Å². The third-order valence-corrected chi connectivity index (χ3v) is 4.67. The second-order valence-electron chi connectivity index (χ2n) is 7.04. The third kappa shape index (κ3) is 3.15. The van der Waals surface area contributed by atoms with E-state index in [9.17, 15) is 9.59 Å². The highest BCUT2D eigenvalue weighted by atomic mass is 16.2. The van der Waals surface area contributed by atoms with Crippen LogP contribution in [-0.2, 0) is 9.59 Å². The molecular formula is C16H28N2O2. The van der Waals surface area contributed by atoms with Gasteiger partial charge in [0.1, 0.15) is 12.1 Å². The number of nitrogens with one attached hydrogen (secondary N) is 1. The van der Waals surface area contributed by atoms with Gasteiger partial charge in [-0.2, -0.15) is 0 Å². The zero-order chi connectivity index (χ0) is 14.9. The van der Waals surface area contributed by atoms with Crippen molar-refractivity contribution >= 4 is 11.8 Å². The van der Waals surface area contributed by atoms with Crippen LogP contribution >= 0.6 is 0 Å². The predicted octanol–water partition coefficient (Wildman–Crippen LogP) is 2.33. The summed E-state index contributed by atoms with van der Waals surface area (Å²) in [6, 6.07) is -0.390. The van der Waals surface area contributed by atoms with Crippen molar-refractivity contribution in [3.05, 3.63) is 0 Å². The Bertz CT molecular complexity index is 381. The molecular weight excluding hydrogens is 252 g/mol. The predicted molar refractivity (Wildman–Crippen MR) is 79.1 cm³/mol. The summed E-state index contributed by atoms with van der Waals surface area (Å²) in [7, 11) is 0. The number of rotatable bonds is 3. The summed E-state index contributed by atoms with van der Waals surface area (Å²) in [5.41, 5.74) is 0. The fraction of sp³-hybridized carbons (Fsp3) is 0.875. The van der Waals surface area contributed by atoms with Crippen LogP contribution in [-0.4, -0.2) is 34.8 Å². The number of piperazine rings is 1. The Balaban J connectivity index is 2.15. The molecule has 4 nitrogen and oxygen atoms in total. The van der Waals surface area contributed by atoms with E-state index in [1.807, 2.05) is 11.8 Å². The molecule has 0 radical (unpaired) electrons. The molecule has 1 aliphatic carbocycles. The van der Waals surface area contributed by atoms with Crippen LogP contribution in [0.2, 0.25) is 0 Å². The fourth-order valence-corrected chi connectivity index (χ4v) is 3.63. The molecule has 2 aliphatic rings. The van der Waals surface area contributed by atoms with Gasteiger partial charge in [0.2, 0.25) is 11.8 Å². The topological polar surface area (TPSA) is 49.4 Å². The fourth-order valence-electron chi connectivity index (χ4n) is 3.63. The molecule has 20 heavy (non-hydrogen) atoms. The average molecular weight is 280 g/mol. The largest absolute Gasteiger partial charge is 0.343 e. The normalized spacial score (nSPS) is 35.4. The minimum Gasteiger partial charge on any atom is -0.343 e. The highest BCUT2D eigenvalue weighted by Crippen LogP contribution is 2.30. The van der Waals surface area contributed by atoms with Gasteiger partial charge in [0.15, 0.2) is 0 Å². The first-order valence-corrected chi connectivity index (χ1v) is 8.02. The molecule has 2 rings (SSSR count). The number of hydrogen-bond acceptors (Lipinski definition) is 2. The zero-order valence-corrected chi connectivity index (χ0v) is 13.2. The minimum atomic E-state index is -0.323. The van der Waals surface area contributed by atoms with E-state index >= 15 is 0 Å². The van der Waals surface area contributed by atoms with Gasteiger partial charge in [-0.25, -0.2) is 0 Å². The van der Waals surface area contributed by atoms with Crippen LogP contribution in [0.5, 0.6) is 0 Å². The number of nitrogens with zero attached hydrogens (tertiary/aromatic N) is 1. The Morgan fingerprint density at radius 3 is 2.55 bits per heavy atom. The monoisotopic (exact) mass is 280 g/mol. The zero-order valence-electron chi connectivity index (χ0n) is 13.2. The van der Waals surface area contributed by atoms with Crippen molar-refractivity contribution in [2.75, 3.05) is 0 Å². The summed E-state index contributed by atoms with van der Waals surface area (Å²) in [6.07, 6.45) is 5.23. The van der Waals surface area contributed by atoms with Gasteiger partial charge in [0, 0.05) is 6.04 Å². The van der Waals surface area contributed by atoms with Crippen molar-refractivity contribution in [3.63, 3.8) is 0 Å². The average Bonchev–Trinajstić information content (AvgIpc) is 2.36. The van der Waals surface area contributed by atoms with Gasteiger partial charge in [0.05, 0.1) is 0 Å². The molecule has 4 unspecified atom stereocenters. The van der Waals surface area contributed by atoms with Crippen molar-refractivity contribution in [1.29, 1.82) is 0 Å². The van der Waals surface area contributed by atoms with Crippen LogP contribution in [0.4, 0.5) is 0 Å². The first-order chi connectivity index (χ1) is 9.40. The second kappa shape index (κ2) is 6.15. The first-order valence-electron chi connectivity index (χ1n) is 8.02. The van der Waals surface area contributed by atoms with E-state index in [4.69, 9.17) is 0 Å². The van der Waals surface area contributed by atoms with E-state index in [2.05, 4.69) is 26.1 Å². The summed E-state index contributed by atoms with van der Waals surface area (Å²) < 4.78 is 0. The Labute approximate surface area is 122 Å². The van der Waals surface area contributed by atoms with Gasteiger partial charge in [-0.15, -0.1) is 0 Å². The number of hydrogen-bond donors (Lipinski definition) is 1. The van der Waals surface area contributed by atoms with Crippen molar-refractivity contribution in [3.8, 4) is 0 Å². The minimum absolute atomic E-state index is 0.00785. The number of carbonyl (C=O) groups is 2. The Morgan fingerprint density at radius 1 is 1.25 bits per heavy atom. The molecule has 4 heteroatoms. The Hall–Kier alpha value is -1.06. The molecule has 2 fully saturated rings. The van der Waals surface area contributed by atoms with E-state index in [0.29, 0.717) is 11.8 Å². The van der Waals surface area contributed by atoms with Crippen LogP contribution in [0, 0.1) is 11.8 Å². The van der Waals surface area contributed by atoms with Crippen molar-refractivity contribution in [1.82, 2.24) is 10.2 Å². The van der Waals surface area contributed by atoms with Gasteiger partial charge in [-0.05, 0) is 38.0 Å². The van der Waals surface area contributed by atoms with Crippen LogP contribution in [0.1, 0.15) is 59.8 Å². The lowest BCUT2D eigenvalue weighted by atomic mass is 9.84. The Kier molecular flexibility index (Phi) is 4.71. The lowest BCUT2D eigenvalue weighted by Gasteiger charge is -2.44. The maximum Gasteiger partial charge on any atom is 0.246 e. The molecule has 1 aliphatic heterocycles. The molecule has 4 atom stereocenters. The lowest BCUT2D eigenvalue weighted by molar-refractivity contribution is -0.153. The SMILES string of the molecule is CC(C)CC1NC(=O)C(C)N(C2CCCC(C)C2)C1=O. The number of amides is 2. The van der Waals surface area contributed by atoms with Crippen molar-refractivity contribution in [2.24, 2.45) is 11.8 Å². The molecule has 1 saturated carbocycles. The molecule has 1 heterocycles. The maximum atomic E-state index is 12.7. The quantitative estimate of drug-likeness (QED) is 0.862. The molecule has 2 amide bonds. The summed E-state index contributed by atoms with van der Waals surface area (Å²) in [4.78, 5) is 26.8. The van der Waals surface area contributed by atoms with E-state index in [1.165, 1.54) is 12.8 Å². The van der Waals surface area contributed by atoms with Crippen LogP contribution in [0.25, 0.3) is 0 Å². The maximum absolute atomic E-state index is 12.7. The summed E-state index contributed by atoms with van der Waals surface area (Å²) in [6.45, 7) is 8.28. The highest BCUT2D eigenvalue weighted by molar-refractivity contribution is 5.96. The van der Waals surface area contributed by atoms with Gasteiger partial charge in [-0.3, -0.25) is 9.59 Å². The molecule has 0 bridgehead atoms. The van der Waals surface area contributed by atoms with Crippen LogP contribution in [0.3, 0.4) is 0 Å². The standard InChI is InChI=1S/C16H28N2O2/c1-10(2)8-14-16(20)18(12(4)15(19)17-14)13-7-5-6-11(3)9-13/h10-14H,5-9H2,1-4H3,(H,17,19). The molecule has 1 N–H and O–H groups in total. The van der Waals surface area contributed by atoms with E-state index < -0.39 is 0 Å². The van der Waals surface area contributed by atoms with E-state index in [-0.39, 0.29) is 29.9 Å². The molecule has 114 valence electrons. The van der Waals surface area contributed by atoms with E-state index in [0.717, 1.165) is 19.3 Å². The summed E-state index contributed by atoms with van der Waals surface area (Å²) >= 11 is 0. The van der Waals surface area contributed by atoms with Gasteiger partial charge in [-0.1, -0.05) is 33.6 Å². The lowest BCUT2D eigenvalue weighted by Crippen LogP contribution is -2.65. The first kappa shape index (κ1) is 15.3. The summed E-state index contributed by atoms with van der Waals surface area (Å²) in [5.74, 6) is 1.20. The number of carbonyl (C=O) groups excluding carboxylic acids is 2. The Morgan fingerprint density at radius 2 is 1.95 bits per heavy atom. The van der Waals surface area contributed by atoms with E-state index in [1.54, 1.807) is 0 Å².